The SMILES string of the molecule is CCOCC(=O)N(CCN(C)C)CC(=O)O. The highest BCUT2D eigenvalue weighted by Gasteiger charge is 2.16. The normalized spacial score (nSPS) is 10.5. The molecule has 0 rings (SSSR count). The molecule has 0 aliphatic rings. The summed E-state index contributed by atoms with van der Waals surface area (Å²) in [5, 5.41) is 8.68. The summed E-state index contributed by atoms with van der Waals surface area (Å²) < 4.78 is 4.97. The summed E-state index contributed by atoms with van der Waals surface area (Å²) >= 11 is 0. The Kier molecular flexibility index (Phi) is 7.49. The Labute approximate surface area is 95.8 Å². The monoisotopic (exact) mass is 232 g/mol. The van der Waals surface area contributed by atoms with Crippen LogP contribution in [0.15, 0.2) is 0 Å². The Morgan fingerprint density at radius 2 is 1.88 bits per heavy atom. The summed E-state index contributed by atoms with van der Waals surface area (Å²) in [6.45, 7) is 2.92. The number of nitrogens with zero attached hydrogens (tertiary/aromatic N) is 2. The Morgan fingerprint density at radius 1 is 1.25 bits per heavy atom. The van der Waals surface area contributed by atoms with Gasteiger partial charge in [-0.15, -0.1) is 0 Å². The number of rotatable bonds is 8. The van der Waals surface area contributed by atoms with Gasteiger partial charge in [0.2, 0.25) is 5.91 Å². The van der Waals surface area contributed by atoms with Gasteiger partial charge in [-0.2, -0.15) is 0 Å². The molecule has 6 nitrogen and oxygen atoms in total. The highest BCUT2D eigenvalue weighted by Crippen LogP contribution is 1.92. The number of aliphatic carboxylic acids is 1. The van der Waals surface area contributed by atoms with Gasteiger partial charge in [-0.05, 0) is 21.0 Å². The molecule has 0 saturated heterocycles. The van der Waals surface area contributed by atoms with Crippen molar-refractivity contribution in [3.05, 3.63) is 0 Å². The minimum Gasteiger partial charge on any atom is -0.480 e. The van der Waals surface area contributed by atoms with Crippen LogP contribution in [0, 0.1) is 0 Å². The van der Waals surface area contributed by atoms with Gasteiger partial charge in [-0.25, -0.2) is 0 Å². The summed E-state index contributed by atoms with van der Waals surface area (Å²) in [4.78, 5) is 25.3. The molecule has 0 aromatic carbocycles. The molecular weight excluding hydrogens is 212 g/mol. The number of ether oxygens (including phenoxy) is 1. The van der Waals surface area contributed by atoms with Crippen molar-refractivity contribution in [2.24, 2.45) is 0 Å². The number of carbonyl (C=O) groups excluding carboxylic acids is 1. The highest BCUT2D eigenvalue weighted by molar-refractivity contribution is 5.82. The second-order valence-corrected chi connectivity index (χ2v) is 3.65. The van der Waals surface area contributed by atoms with Crippen molar-refractivity contribution < 1.29 is 19.4 Å². The molecule has 0 fully saturated rings. The average molecular weight is 232 g/mol. The molecule has 0 saturated carbocycles. The predicted molar refractivity (Wildman–Crippen MR) is 59.3 cm³/mol. The van der Waals surface area contributed by atoms with Gasteiger partial charge in [0.1, 0.15) is 13.2 Å². The van der Waals surface area contributed by atoms with E-state index in [4.69, 9.17) is 9.84 Å². The molecule has 0 aliphatic carbocycles. The Morgan fingerprint density at radius 3 is 2.31 bits per heavy atom. The lowest BCUT2D eigenvalue weighted by Gasteiger charge is -2.22. The van der Waals surface area contributed by atoms with Crippen molar-refractivity contribution in [3.8, 4) is 0 Å². The van der Waals surface area contributed by atoms with Crippen LogP contribution in [0.5, 0.6) is 0 Å². The van der Waals surface area contributed by atoms with E-state index >= 15 is 0 Å². The maximum atomic E-state index is 11.6. The van der Waals surface area contributed by atoms with Crippen molar-refractivity contribution in [2.75, 3.05) is 46.9 Å². The van der Waals surface area contributed by atoms with E-state index in [0.717, 1.165) is 0 Å². The first-order valence-corrected chi connectivity index (χ1v) is 5.19. The average Bonchev–Trinajstić information content (AvgIpc) is 2.19. The first-order valence-electron chi connectivity index (χ1n) is 5.19. The molecule has 0 heterocycles. The maximum absolute atomic E-state index is 11.6. The number of carboxylic acid groups (broad SMARTS) is 1. The quantitative estimate of drug-likeness (QED) is 0.611. The third-order valence-electron chi connectivity index (χ3n) is 1.93. The van der Waals surface area contributed by atoms with Crippen molar-refractivity contribution >= 4 is 11.9 Å². The summed E-state index contributed by atoms with van der Waals surface area (Å²) in [5.74, 6) is -1.30. The molecule has 0 aromatic heterocycles. The number of likely N-dealkylation sites (N-methyl/N-ethyl adjacent to an activating group) is 1. The van der Waals surface area contributed by atoms with E-state index in [9.17, 15) is 9.59 Å². The van der Waals surface area contributed by atoms with Crippen molar-refractivity contribution in [3.63, 3.8) is 0 Å². The second kappa shape index (κ2) is 8.06. The molecule has 94 valence electrons. The predicted octanol–water partition coefficient (Wildman–Crippen LogP) is -0.502. The van der Waals surface area contributed by atoms with Crippen LogP contribution in [0.3, 0.4) is 0 Å². The lowest BCUT2D eigenvalue weighted by atomic mass is 10.4. The Balaban J connectivity index is 4.17. The molecule has 1 amide bonds. The van der Waals surface area contributed by atoms with Crippen molar-refractivity contribution in [2.45, 2.75) is 6.92 Å². The number of carbonyl (C=O) groups is 2. The molecule has 0 radical (unpaired) electrons. The van der Waals surface area contributed by atoms with E-state index in [0.29, 0.717) is 19.7 Å². The van der Waals surface area contributed by atoms with Gasteiger partial charge in [0.05, 0.1) is 0 Å². The third-order valence-corrected chi connectivity index (χ3v) is 1.93. The zero-order chi connectivity index (χ0) is 12.6. The molecule has 0 unspecified atom stereocenters. The maximum Gasteiger partial charge on any atom is 0.323 e. The van der Waals surface area contributed by atoms with Crippen molar-refractivity contribution in [1.29, 1.82) is 0 Å². The minimum absolute atomic E-state index is 0.0583. The molecule has 0 atom stereocenters. The van der Waals surface area contributed by atoms with Crippen LogP contribution in [-0.4, -0.2) is 73.7 Å². The topological polar surface area (TPSA) is 70.1 Å². The smallest absolute Gasteiger partial charge is 0.323 e. The molecule has 1 N–H and O–H groups in total. The van der Waals surface area contributed by atoms with Crippen LogP contribution in [-0.2, 0) is 14.3 Å². The van der Waals surface area contributed by atoms with Crippen LogP contribution in [0.4, 0.5) is 0 Å². The number of hydrogen-bond acceptors (Lipinski definition) is 4. The Hall–Kier alpha value is -1.14. The van der Waals surface area contributed by atoms with Crippen molar-refractivity contribution in [1.82, 2.24) is 9.80 Å². The molecule has 6 heteroatoms. The van der Waals surface area contributed by atoms with Gasteiger partial charge < -0.3 is 19.6 Å². The summed E-state index contributed by atoms with van der Waals surface area (Å²) in [7, 11) is 3.73. The second-order valence-electron chi connectivity index (χ2n) is 3.65. The largest absolute Gasteiger partial charge is 0.480 e. The van der Waals surface area contributed by atoms with Gasteiger partial charge in [0.15, 0.2) is 0 Å². The zero-order valence-electron chi connectivity index (χ0n) is 10.1. The molecule has 16 heavy (non-hydrogen) atoms. The molecular formula is C10H20N2O4. The third kappa shape index (κ3) is 7.19. The van der Waals surface area contributed by atoms with E-state index in [1.54, 1.807) is 6.92 Å². The van der Waals surface area contributed by atoms with Crippen LogP contribution >= 0.6 is 0 Å². The lowest BCUT2D eigenvalue weighted by molar-refractivity contribution is -0.146. The summed E-state index contributed by atoms with van der Waals surface area (Å²) in [6.07, 6.45) is 0. The zero-order valence-corrected chi connectivity index (χ0v) is 10.1. The standard InChI is InChI=1S/C10H20N2O4/c1-4-16-8-9(13)12(7-10(14)15)6-5-11(2)3/h4-8H2,1-3H3,(H,14,15). The van der Waals surface area contributed by atoms with Crippen LogP contribution in [0.2, 0.25) is 0 Å². The first kappa shape index (κ1) is 14.9. The fourth-order valence-electron chi connectivity index (χ4n) is 1.06. The number of carboxylic acids is 1. The van der Waals surface area contributed by atoms with Gasteiger partial charge in [-0.1, -0.05) is 0 Å². The highest BCUT2D eigenvalue weighted by atomic mass is 16.5. The van der Waals surface area contributed by atoms with Gasteiger partial charge in [0, 0.05) is 19.7 Å². The first-order chi connectivity index (χ1) is 7.47. The van der Waals surface area contributed by atoms with Crippen LogP contribution in [0.25, 0.3) is 0 Å². The van der Waals surface area contributed by atoms with E-state index in [1.165, 1.54) is 4.90 Å². The van der Waals surface area contributed by atoms with E-state index in [-0.39, 0.29) is 19.1 Å². The fourth-order valence-corrected chi connectivity index (χ4v) is 1.06. The van der Waals surface area contributed by atoms with Gasteiger partial charge in [0.25, 0.3) is 0 Å². The fraction of sp³-hybridized carbons (Fsp3) is 0.800. The van der Waals surface area contributed by atoms with Crippen LogP contribution < -0.4 is 0 Å². The molecule has 0 bridgehead atoms. The van der Waals surface area contributed by atoms with Gasteiger partial charge in [-0.3, -0.25) is 9.59 Å². The lowest BCUT2D eigenvalue weighted by Crippen LogP contribution is -2.41. The summed E-state index contributed by atoms with van der Waals surface area (Å²) in [6, 6.07) is 0. The number of amides is 1. The van der Waals surface area contributed by atoms with Gasteiger partial charge >= 0.3 is 5.97 Å². The molecule has 0 spiro atoms. The van der Waals surface area contributed by atoms with E-state index < -0.39 is 5.97 Å². The summed E-state index contributed by atoms with van der Waals surface area (Å²) in [5.41, 5.74) is 0. The minimum atomic E-state index is -1.01. The molecule has 0 aliphatic heterocycles. The van der Waals surface area contributed by atoms with E-state index in [1.807, 2.05) is 19.0 Å². The number of hydrogen-bond donors (Lipinski definition) is 1. The van der Waals surface area contributed by atoms with E-state index in [2.05, 4.69) is 0 Å². The Bertz CT molecular complexity index is 231. The molecule has 0 aromatic rings. The van der Waals surface area contributed by atoms with Crippen LogP contribution in [0.1, 0.15) is 6.92 Å².